The highest BCUT2D eigenvalue weighted by molar-refractivity contribution is 5.70. The summed E-state index contributed by atoms with van der Waals surface area (Å²) in [6.45, 7) is 7.73. The van der Waals surface area contributed by atoms with Crippen molar-refractivity contribution < 1.29 is 19.0 Å². The van der Waals surface area contributed by atoms with Crippen LogP contribution in [0.1, 0.15) is 46.5 Å². The summed E-state index contributed by atoms with van der Waals surface area (Å²) in [7, 11) is 1.68. The first kappa shape index (κ1) is 17.3. The fraction of sp³-hybridized carbons (Fsp3) is 0.824. The Morgan fingerprint density at radius 3 is 2.68 bits per heavy atom. The largest absolute Gasteiger partial charge is 0.444 e. The molecule has 2 bridgehead atoms. The Labute approximate surface area is 133 Å². The molecular weight excluding hydrogens is 282 g/mol. The molecule has 2 atom stereocenters. The Hall–Kier alpha value is -1.07. The van der Waals surface area contributed by atoms with Crippen molar-refractivity contribution >= 4 is 6.09 Å². The number of amides is 1. The molecule has 0 saturated carbocycles. The SMILES string of the molecule is COCCOCCC1=CC2CCC(C1)N2C(=O)OC(C)(C)C. The molecule has 1 amide bonds. The first-order valence-electron chi connectivity index (χ1n) is 8.18. The highest BCUT2D eigenvalue weighted by Gasteiger charge is 2.41. The number of hydrogen-bond acceptors (Lipinski definition) is 4. The molecule has 2 rings (SSSR count). The normalized spacial score (nSPS) is 24.4. The molecular formula is C17H29NO4. The minimum atomic E-state index is -0.435. The van der Waals surface area contributed by atoms with Crippen LogP contribution in [-0.2, 0) is 14.2 Å². The van der Waals surface area contributed by atoms with Crippen LogP contribution in [0.5, 0.6) is 0 Å². The first-order chi connectivity index (χ1) is 10.4. The third-order valence-corrected chi connectivity index (χ3v) is 4.08. The average molecular weight is 311 g/mol. The zero-order valence-corrected chi connectivity index (χ0v) is 14.3. The third-order valence-electron chi connectivity index (χ3n) is 4.08. The van der Waals surface area contributed by atoms with Crippen LogP contribution < -0.4 is 0 Å². The van der Waals surface area contributed by atoms with Crippen LogP contribution in [0.25, 0.3) is 0 Å². The summed E-state index contributed by atoms with van der Waals surface area (Å²) in [6, 6.07) is 0.487. The summed E-state index contributed by atoms with van der Waals surface area (Å²) in [4.78, 5) is 14.3. The van der Waals surface area contributed by atoms with E-state index in [2.05, 4.69) is 6.08 Å². The molecule has 1 saturated heterocycles. The van der Waals surface area contributed by atoms with Gasteiger partial charge in [0, 0.05) is 13.2 Å². The second-order valence-corrected chi connectivity index (χ2v) is 7.07. The highest BCUT2D eigenvalue weighted by atomic mass is 16.6. The molecule has 1 fully saturated rings. The van der Waals surface area contributed by atoms with Gasteiger partial charge in [-0.1, -0.05) is 11.6 Å². The molecule has 2 aliphatic heterocycles. The highest BCUT2D eigenvalue weighted by Crippen LogP contribution is 2.36. The molecule has 0 aromatic rings. The van der Waals surface area contributed by atoms with Crippen LogP contribution in [0.4, 0.5) is 4.79 Å². The smallest absolute Gasteiger partial charge is 0.411 e. The van der Waals surface area contributed by atoms with Crippen molar-refractivity contribution in [1.29, 1.82) is 0 Å². The Kier molecular flexibility index (Phi) is 5.87. The number of hydrogen-bond donors (Lipinski definition) is 0. The first-order valence-corrected chi connectivity index (χ1v) is 8.18. The van der Waals surface area contributed by atoms with Crippen molar-refractivity contribution in [2.75, 3.05) is 26.9 Å². The van der Waals surface area contributed by atoms with Crippen molar-refractivity contribution in [3.63, 3.8) is 0 Å². The minimum absolute atomic E-state index is 0.174. The van der Waals surface area contributed by atoms with Gasteiger partial charge in [0.2, 0.25) is 0 Å². The van der Waals surface area contributed by atoms with Gasteiger partial charge in [-0.3, -0.25) is 4.90 Å². The molecule has 2 unspecified atom stereocenters. The van der Waals surface area contributed by atoms with E-state index in [9.17, 15) is 4.79 Å². The number of fused-ring (bicyclic) bond motifs is 2. The second-order valence-electron chi connectivity index (χ2n) is 7.07. The fourth-order valence-electron chi connectivity index (χ4n) is 3.15. The lowest BCUT2D eigenvalue weighted by Gasteiger charge is -2.35. The molecule has 0 radical (unpaired) electrons. The van der Waals surface area contributed by atoms with E-state index in [1.54, 1.807) is 7.11 Å². The lowest BCUT2D eigenvalue weighted by molar-refractivity contribution is 0.0163. The number of carbonyl (C=O) groups excluding carboxylic acids is 1. The van der Waals surface area contributed by atoms with Gasteiger partial charge in [-0.05, 0) is 46.5 Å². The van der Waals surface area contributed by atoms with Crippen LogP contribution in [0.2, 0.25) is 0 Å². The summed E-state index contributed by atoms with van der Waals surface area (Å²) in [5, 5.41) is 0. The fourth-order valence-corrected chi connectivity index (χ4v) is 3.15. The maximum Gasteiger partial charge on any atom is 0.411 e. The lowest BCUT2D eigenvalue weighted by atomic mass is 9.99. The van der Waals surface area contributed by atoms with E-state index in [0.29, 0.717) is 19.3 Å². The van der Waals surface area contributed by atoms with E-state index in [1.165, 1.54) is 5.57 Å². The maximum absolute atomic E-state index is 12.3. The van der Waals surface area contributed by atoms with Crippen LogP contribution in [0.15, 0.2) is 11.6 Å². The molecule has 0 aromatic carbocycles. The van der Waals surface area contributed by atoms with Gasteiger partial charge in [0.25, 0.3) is 0 Å². The summed E-state index contributed by atoms with van der Waals surface area (Å²) >= 11 is 0. The van der Waals surface area contributed by atoms with E-state index < -0.39 is 5.60 Å². The Bertz CT molecular complexity index is 413. The van der Waals surface area contributed by atoms with Gasteiger partial charge < -0.3 is 14.2 Å². The Balaban J connectivity index is 1.85. The third kappa shape index (κ3) is 4.71. The van der Waals surface area contributed by atoms with E-state index in [4.69, 9.17) is 14.2 Å². The van der Waals surface area contributed by atoms with Gasteiger partial charge in [0.15, 0.2) is 0 Å². The maximum atomic E-state index is 12.3. The second kappa shape index (κ2) is 7.47. The van der Waals surface area contributed by atoms with Crippen LogP contribution in [0, 0.1) is 0 Å². The standard InChI is InChI=1S/C17H29NO4/c1-17(2,3)22-16(19)18-14-5-6-15(18)12-13(11-14)7-8-21-10-9-20-4/h11,14-15H,5-10,12H2,1-4H3. The van der Waals surface area contributed by atoms with Crippen molar-refractivity contribution in [2.45, 2.75) is 64.1 Å². The van der Waals surface area contributed by atoms with Crippen molar-refractivity contribution in [3.8, 4) is 0 Å². The van der Waals surface area contributed by atoms with Gasteiger partial charge >= 0.3 is 6.09 Å². The molecule has 0 N–H and O–H groups in total. The Morgan fingerprint density at radius 1 is 1.27 bits per heavy atom. The van der Waals surface area contributed by atoms with E-state index in [0.717, 1.165) is 32.3 Å². The van der Waals surface area contributed by atoms with Crippen molar-refractivity contribution in [2.24, 2.45) is 0 Å². The van der Waals surface area contributed by atoms with Crippen molar-refractivity contribution in [1.82, 2.24) is 4.90 Å². The zero-order valence-electron chi connectivity index (χ0n) is 14.3. The molecule has 0 spiro atoms. The van der Waals surface area contributed by atoms with Crippen LogP contribution >= 0.6 is 0 Å². The van der Waals surface area contributed by atoms with E-state index in [-0.39, 0.29) is 12.1 Å². The van der Waals surface area contributed by atoms with E-state index in [1.807, 2.05) is 25.7 Å². The van der Waals surface area contributed by atoms with E-state index >= 15 is 0 Å². The number of ether oxygens (including phenoxy) is 3. The van der Waals surface area contributed by atoms with Gasteiger partial charge in [0.05, 0.1) is 25.9 Å². The molecule has 126 valence electrons. The molecule has 0 aliphatic carbocycles. The van der Waals surface area contributed by atoms with Gasteiger partial charge in [-0.15, -0.1) is 0 Å². The summed E-state index contributed by atoms with van der Waals surface area (Å²) in [5.41, 5.74) is 0.972. The summed E-state index contributed by atoms with van der Waals surface area (Å²) in [6.07, 6.45) is 6.06. The van der Waals surface area contributed by atoms with Gasteiger partial charge in [-0.2, -0.15) is 0 Å². The molecule has 2 aliphatic rings. The number of nitrogens with zero attached hydrogens (tertiary/aromatic N) is 1. The van der Waals surface area contributed by atoms with Crippen LogP contribution in [-0.4, -0.2) is 55.6 Å². The van der Waals surface area contributed by atoms with Crippen LogP contribution in [0.3, 0.4) is 0 Å². The number of methoxy groups -OCH3 is 1. The number of carbonyl (C=O) groups is 1. The minimum Gasteiger partial charge on any atom is -0.444 e. The van der Waals surface area contributed by atoms with Gasteiger partial charge in [0.1, 0.15) is 5.60 Å². The molecule has 0 aromatic heterocycles. The molecule has 22 heavy (non-hydrogen) atoms. The monoisotopic (exact) mass is 311 g/mol. The molecule has 2 heterocycles. The number of rotatable bonds is 6. The summed E-state index contributed by atoms with van der Waals surface area (Å²) in [5.74, 6) is 0. The zero-order chi connectivity index (χ0) is 16.2. The lowest BCUT2D eigenvalue weighted by Crippen LogP contribution is -2.45. The van der Waals surface area contributed by atoms with Gasteiger partial charge in [-0.25, -0.2) is 4.79 Å². The predicted molar refractivity (Wildman–Crippen MR) is 84.9 cm³/mol. The Morgan fingerprint density at radius 2 is 2.05 bits per heavy atom. The molecule has 5 heteroatoms. The van der Waals surface area contributed by atoms with Crippen molar-refractivity contribution in [3.05, 3.63) is 11.6 Å². The average Bonchev–Trinajstić information content (AvgIpc) is 2.68. The molecule has 5 nitrogen and oxygen atoms in total. The summed E-state index contributed by atoms with van der Waals surface area (Å²) < 4.78 is 16.0. The quantitative estimate of drug-likeness (QED) is 0.558. The predicted octanol–water partition coefficient (Wildman–Crippen LogP) is 3.14. The topological polar surface area (TPSA) is 48.0 Å².